The van der Waals surface area contributed by atoms with Crippen molar-refractivity contribution in [3.05, 3.63) is 12.2 Å². The zero-order valence-electron chi connectivity index (χ0n) is 19.8. The highest BCUT2D eigenvalue weighted by atomic mass is 16.2. The van der Waals surface area contributed by atoms with Crippen LogP contribution in [0, 0.1) is 5.92 Å². The van der Waals surface area contributed by atoms with E-state index < -0.39 is 0 Å². The molecule has 0 saturated heterocycles. The summed E-state index contributed by atoms with van der Waals surface area (Å²) in [4.78, 5) is 22.9. The molecule has 1 N–H and O–H groups in total. The lowest BCUT2D eigenvalue weighted by atomic mass is 9.99. The molecular weight excluding hydrogens is 358 g/mol. The van der Waals surface area contributed by atoms with Crippen LogP contribution < -0.4 is 5.32 Å². The van der Waals surface area contributed by atoms with Gasteiger partial charge in [-0.1, -0.05) is 123 Å². The summed E-state index contributed by atoms with van der Waals surface area (Å²) >= 11 is 0. The number of imide groups is 1. The molecule has 0 aliphatic heterocycles. The van der Waals surface area contributed by atoms with Crippen LogP contribution in [0.3, 0.4) is 0 Å². The highest BCUT2D eigenvalue weighted by Gasteiger charge is 2.07. The van der Waals surface area contributed by atoms with Crippen molar-refractivity contribution in [3.8, 4) is 0 Å². The molecule has 2 amide bonds. The monoisotopic (exact) mass is 407 g/mol. The van der Waals surface area contributed by atoms with Crippen LogP contribution >= 0.6 is 0 Å². The quantitative estimate of drug-likeness (QED) is 0.165. The minimum absolute atomic E-state index is 0.177. The standard InChI is InChI=1S/C26H49NO2/c1-5-24(4)21-19-17-15-13-11-9-7-6-8-10-12-14-16-18-20-22-25(28)27-26(29)23(2)3/h24H,2,5-22H2,1,3-4H3,(H,27,28,29). The van der Waals surface area contributed by atoms with Gasteiger partial charge in [-0.25, -0.2) is 0 Å². The molecule has 1 unspecified atom stereocenters. The van der Waals surface area contributed by atoms with Gasteiger partial charge in [0.25, 0.3) is 5.91 Å². The predicted molar refractivity (Wildman–Crippen MR) is 126 cm³/mol. The second-order valence-corrected chi connectivity index (χ2v) is 9.01. The maximum absolute atomic E-state index is 11.6. The number of unbranched alkanes of at least 4 members (excludes halogenated alkanes) is 14. The summed E-state index contributed by atoms with van der Waals surface area (Å²) in [6, 6.07) is 0. The lowest BCUT2D eigenvalue weighted by molar-refractivity contribution is -0.128. The van der Waals surface area contributed by atoms with Crippen LogP contribution in [0.5, 0.6) is 0 Å². The first kappa shape index (κ1) is 27.9. The third kappa shape index (κ3) is 19.9. The average molecular weight is 408 g/mol. The van der Waals surface area contributed by atoms with Crippen molar-refractivity contribution in [1.29, 1.82) is 0 Å². The van der Waals surface area contributed by atoms with Crippen molar-refractivity contribution in [2.45, 2.75) is 136 Å². The number of hydrogen-bond donors (Lipinski definition) is 1. The lowest BCUT2D eigenvalue weighted by Crippen LogP contribution is -2.30. The van der Waals surface area contributed by atoms with Crippen LogP contribution in [-0.2, 0) is 9.59 Å². The third-order valence-electron chi connectivity index (χ3n) is 5.94. The zero-order valence-corrected chi connectivity index (χ0v) is 19.8. The molecule has 0 spiro atoms. The van der Waals surface area contributed by atoms with Crippen molar-refractivity contribution in [2.75, 3.05) is 0 Å². The van der Waals surface area contributed by atoms with E-state index in [1.807, 2.05) is 0 Å². The summed E-state index contributed by atoms with van der Waals surface area (Å²) < 4.78 is 0. The SMILES string of the molecule is C=C(C)C(=O)NC(=O)CCCCCCCCCCCCCCCCCC(C)CC. The Kier molecular flexibility index (Phi) is 19.4. The Morgan fingerprint density at radius 1 is 0.724 bits per heavy atom. The summed E-state index contributed by atoms with van der Waals surface area (Å²) in [6.07, 6.45) is 23.0. The van der Waals surface area contributed by atoms with Crippen molar-refractivity contribution < 1.29 is 9.59 Å². The van der Waals surface area contributed by atoms with E-state index in [4.69, 9.17) is 0 Å². The highest BCUT2D eigenvalue weighted by molar-refractivity contribution is 6.03. The van der Waals surface area contributed by atoms with Gasteiger partial charge in [0.2, 0.25) is 5.91 Å². The lowest BCUT2D eigenvalue weighted by Gasteiger charge is -2.07. The van der Waals surface area contributed by atoms with Crippen LogP contribution in [0.2, 0.25) is 0 Å². The Labute approximate surface area is 181 Å². The maximum Gasteiger partial charge on any atom is 0.252 e. The molecule has 0 aliphatic rings. The molecule has 0 fully saturated rings. The van der Waals surface area contributed by atoms with Gasteiger partial charge in [0.05, 0.1) is 0 Å². The molecule has 0 radical (unpaired) electrons. The van der Waals surface area contributed by atoms with Gasteiger partial charge >= 0.3 is 0 Å². The van der Waals surface area contributed by atoms with Crippen LogP contribution in [-0.4, -0.2) is 11.8 Å². The van der Waals surface area contributed by atoms with E-state index in [1.54, 1.807) is 6.92 Å². The number of carbonyl (C=O) groups is 2. The van der Waals surface area contributed by atoms with Gasteiger partial charge in [-0.3, -0.25) is 14.9 Å². The van der Waals surface area contributed by atoms with Gasteiger partial charge in [-0.15, -0.1) is 0 Å². The van der Waals surface area contributed by atoms with E-state index in [1.165, 1.54) is 96.3 Å². The van der Waals surface area contributed by atoms with Crippen LogP contribution in [0.15, 0.2) is 12.2 Å². The van der Waals surface area contributed by atoms with E-state index in [0.717, 1.165) is 18.8 Å². The topological polar surface area (TPSA) is 46.2 Å². The highest BCUT2D eigenvalue weighted by Crippen LogP contribution is 2.16. The van der Waals surface area contributed by atoms with E-state index in [0.29, 0.717) is 12.0 Å². The average Bonchev–Trinajstić information content (AvgIpc) is 2.69. The van der Waals surface area contributed by atoms with Crippen molar-refractivity contribution >= 4 is 11.8 Å². The number of hydrogen-bond acceptors (Lipinski definition) is 2. The first-order valence-corrected chi connectivity index (χ1v) is 12.5. The first-order chi connectivity index (χ1) is 14.0. The number of carbonyl (C=O) groups excluding carboxylic acids is 2. The molecule has 0 saturated carbocycles. The Morgan fingerprint density at radius 3 is 1.48 bits per heavy atom. The van der Waals surface area contributed by atoms with Gasteiger partial charge < -0.3 is 0 Å². The summed E-state index contributed by atoms with van der Waals surface area (Å²) in [5.74, 6) is 0.386. The van der Waals surface area contributed by atoms with E-state index >= 15 is 0 Å². The van der Waals surface area contributed by atoms with E-state index in [9.17, 15) is 9.59 Å². The molecule has 0 rings (SSSR count). The van der Waals surface area contributed by atoms with E-state index in [2.05, 4.69) is 25.7 Å². The molecule has 0 aromatic carbocycles. The normalized spacial score (nSPS) is 12.0. The Morgan fingerprint density at radius 2 is 1.10 bits per heavy atom. The zero-order chi connectivity index (χ0) is 21.7. The number of nitrogens with one attached hydrogen (secondary N) is 1. The molecule has 0 bridgehead atoms. The van der Waals surface area contributed by atoms with Gasteiger partial charge in [-0.2, -0.15) is 0 Å². The molecule has 29 heavy (non-hydrogen) atoms. The van der Waals surface area contributed by atoms with Gasteiger partial charge in [-0.05, 0) is 19.3 Å². The molecule has 0 heterocycles. The first-order valence-electron chi connectivity index (χ1n) is 12.5. The van der Waals surface area contributed by atoms with Crippen LogP contribution in [0.25, 0.3) is 0 Å². The van der Waals surface area contributed by atoms with Crippen LogP contribution in [0.1, 0.15) is 136 Å². The second-order valence-electron chi connectivity index (χ2n) is 9.01. The van der Waals surface area contributed by atoms with Gasteiger partial charge in [0.15, 0.2) is 0 Å². The van der Waals surface area contributed by atoms with Crippen molar-refractivity contribution in [1.82, 2.24) is 5.32 Å². The molecule has 0 aromatic heterocycles. The van der Waals surface area contributed by atoms with Gasteiger partial charge in [0.1, 0.15) is 0 Å². The second kappa shape index (κ2) is 20.2. The minimum Gasteiger partial charge on any atom is -0.293 e. The predicted octanol–water partition coefficient (Wildman–Crippen LogP) is 7.88. The summed E-state index contributed by atoms with van der Waals surface area (Å²) in [5.41, 5.74) is 0.380. The summed E-state index contributed by atoms with van der Waals surface area (Å²) in [7, 11) is 0. The number of rotatable bonds is 20. The van der Waals surface area contributed by atoms with Crippen LogP contribution in [0.4, 0.5) is 0 Å². The van der Waals surface area contributed by atoms with Crippen molar-refractivity contribution in [3.63, 3.8) is 0 Å². The molecule has 0 aromatic rings. The molecule has 3 heteroatoms. The van der Waals surface area contributed by atoms with Crippen molar-refractivity contribution in [2.24, 2.45) is 5.92 Å². The Bertz CT molecular complexity index is 430. The van der Waals surface area contributed by atoms with Gasteiger partial charge in [0, 0.05) is 12.0 Å². The fourth-order valence-corrected chi connectivity index (χ4v) is 3.58. The number of amides is 2. The largest absolute Gasteiger partial charge is 0.293 e. The molecule has 170 valence electrons. The molecule has 0 aliphatic carbocycles. The molecular formula is C26H49NO2. The minimum atomic E-state index is -0.355. The Hall–Kier alpha value is -1.12. The molecule has 1 atom stereocenters. The third-order valence-corrected chi connectivity index (χ3v) is 5.94. The summed E-state index contributed by atoms with van der Waals surface area (Å²) in [5, 5.41) is 2.36. The van der Waals surface area contributed by atoms with E-state index in [-0.39, 0.29) is 11.8 Å². The maximum atomic E-state index is 11.6. The summed E-state index contributed by atoms with van der Waals surface area (Å²) in [6.45, 7) is 9.81. The smallest absolute Gasteiger partial charge is 0.252 e. The fraction of sp³-hybridized carbons (Fsp3) is 0.846. The molecule has 3 nitrogen and oxygen atoms in total. The fourth-order valence-electron chi connectivity index (χ4n) is 3.58. The Balaban J connectivity index is 3.20.